The van der Waals surface area contributed by atoms with E-state index in [1.54, 1.807) is 55.5 Å². The normalized spacial score (nSPS) is 13.8. The summed E-state index contributed by atoms with van der Waals surface area (Å²) < 4.78 is 25.0. The zero-order valence-electron chi connectivity index (χ0n) is 18.7. The highest BCUT2D eigenvalue weighted by Gasteiger charge is 2.31. The molecule has 3 aromatic carbocycles. The van der Waals surface area contributed by atoms with Crippen molar-refractivity contribution in [2.75, 3.05) is 6.61 Å². The Morgan fingerprint density at radius 2 is 1.76 bits per heavy atom. The van der Waals surface area contributed by atoms with Gasteiger partial charge < -0.3 is 14.4 Å². The number of carboxylic acid groups (broad SMARTS) is 1. The summed E-state index contributed by atoms with van der Waals surface area (Å²) >= 11 is 0. The van der Waals surface area contributed by atoms with Crippen molar-refractivity contribution in [3.8, 4) is 5.75 Å². The second kappa shape index (κ2) is 11.1. The zero-order chi connectivity index (χ0) is 23.8. The molecule has 0 heterocycles. The molecule has 0 aromatic heterocycles. The van der Waals surface area contributed by atoms with Gasteiger partial charge in [0.2, 0.25) is 0 Å². The third-order valence-corrected chi connectivity index (χ3v) is 7.09. The van der Waals surface area contributed by atoms with Gasteiger partial charge in [-0.2, -0.15) is 0 Å². The van der Waals surface area contributed by atoms with E-state index in [0.29, 0.717) is 23.3 Å². The third kappa shape index (κ3) is 6.91. The third-order valence-electron chi connectivity index (χ3n) is 5.02. The van der Waals surface area contributed by atoms with Crippen molar-refractivity contribution in [1.29, 1.82) is 0 Å². The van der Waals surface area contributed by atoms with Gasteiger partial charge in [-0.15, -0.1) is 0 Å². The van der Waals surface area contributed by atoms with E-state index in [1.165, 1.54) is 0 Å². The second-order valence-electron chi connectivity index (χ2n) is 7.81. The van der Waals surface area contributed by atoms with Crippen molar-refractivity contribution in [2.45, 2.75) is 38.9 Å². The van der Waals surface area contributed by atoms with Gasteiger partial charge in [-0.25, -0.2) is 9.88 Å². The quantitative estimate of drug-likeness (QED) is 0.213. The van der Waals surface area contributed by atoms with Crippen LogP contribution in [0.5, 0.6) is 5.75 Å². The fraction of sp³-hybridized carbons (Fsp3) is 0.280. The number of ether oxygens (including phenoxy) is 1. The average Bonchev–Trinajstić information content (AvgIpc) is 2.79. The standard InChI is InChI=1S/C25H28NO6P/c1-3-4-14-31-25(29)18(2)26-33(30,32-23-8-6-5-7-9-23)17-19-10-11-20-12-13-21(24(27)28)16-22(20)15-19/h5-13,15-16,18H,3-4,14,17H2,1-2H3,(H,26,30)(H,27,28)/t18-,33?/m0/s1. The van der Waals surface area contributed by atoms with E-state index in [9.17, 15) is 19.3 Å². The van der Waals surface area contributed by atoms with Gasteiger partial charge in [-0.1, -0.05) is 55.8 Å². The number of esters is 1. The lowest BCUT2D eigenvalue weighted by molar-refractivity contribution is -0.145. The number of para-hydroxylation sites is 1. The molecule has 0 bridgehead atoms. The average molecular weight is 469 g/mol. The summed E-state index contributed by atoms with van der Waals surface area (Å²) in [6.07, 6.45) is 1.66. The number of hydrogen-bond donors (Lipinski definition) is 2. The van der Waals surface area contributed by atoms with Crippen LogP contribution in [0.25, 0.3) is 10.8 Å². The van der Waals surface area contributed by atoms with E-state index < -0.39 is 25.5 Å². The molecule has 2 atom stereocenters. The monoisotopic (exact) mass is 469 g/mol. The molecule has 0 aliphatic heterocycles. The first kappa shape index (κ1) is 24.5. The van der Waals surface area contributed by atoms with E-state index in [1.807, 2.05) is 25.1 Å². The van der Waals surface area contributed by atoms with Crippen molar-refractivity contribution < 1.29 is 28.5 Å². The summed E-state index contributed by atoms with van der Waals surface area (Å²) in [6, 6.07) is 18.2. The summed E-state index contributed by atoms with van der Waals surface area (Å²) in [6.45, 7) is 3.90. The SMILES string of the molecule is CCCCOC(=O)[C@H](C)NP(=O)(Cc1ccc2ccc(C(=O)O)cc2c1)Oc1ccccc1. The Bertz CT molecular complexity index is 1160. The minimum atomic E-state index is -3.59. The van der Waals surface area contributed by atoms with Crippen LogP contribution in [-0.4, -0.2) is 29.7 Å². The van der Waals surface area contributed by atoms with Crippen LogP contribution in [-0.2, 0) is 20.3 Å². The number of fused-ring (bicyclic) bond motifs is 1. The Hall–Kier alpha value is -3.15. The molecule has 3 aromatic rings. The number of aromatic carboxylic acids is 1. The van der Waals surface area contributed by atoms with Crippen molar-refractivity contribution in [1.82, 2.24) is 5.09 Å². The number of hydrogen-bond acceptors (Lipinski definition) is 5. The highest BCUT2D eigenvalue weighted by molar-refractivity contribution is 7.56. The lowest BCUT2D eigenvalue weighted by Gasteiger charge is -2.24. The zero-order valence-corrected chi connectivity index (χ0v) is 19.6. The number of nitrogens with one attached hydrogen (secondary N) is 1. The fourth-order valence-electron chi connectivity index (χ4n) is 3.31. The van der Waals surface area contributed by atoms with Gasteiger partial charge in [0, 0.05) is 0 Å². The highest BCUT2D eigenvalue weighted by atomic mass is 31.2. The smallest absolute Gasteiger partial charge is 0.335 e. The first-order chi connectivity index (χ1) is 15.8. The molecule has 0 spiro atoms. The lowest BCUT2D eigenvalue weighted by atomic mass is 10.0. The summed E-state index contributed by atoms with van der Waals surface area (Å²) in [7, 11) is -3.59. The Morgan fingerprint density at radius 3 is 2.45 bits per heavy atom. The molecule has 3 rings (SSSR count). The van der Waals surface area contributed by atoms with E-state index >= 15 is 0 Å². The fourth-order valence-corrected chi connectivity index (χ4v) is 5.36. The number of benzene rings is 3. The van der Waals surface area contributed by atoms with E-state index in [0.717, 1.165) is 18.2 Å². The van der Waals surface area contributed by atoms with Gasteiger partial charge in [0.25, 0.3) is 0 Å². The molecule has 0 saturated carbocycles. The Morgan fingerprint density at radius 1 is 1.03 bits per heavy atom. The van der Waals surface area contributed by atoms with Crippen molar-refractivity contribution in [3.05, 3.63) is 77.9 Å². The molecular weight excluding hydrogens is 441 g/mol. The van der Waals surface area contributed by atoms with E-state index in [4.69, 9.17) is 9.26 Å². The van der Waals surface area contributed by atoms with Crippen LogP contribution in [0.4, 0.5) is 0 Å². The van der Waals surface area contributed by atoms with Crippen LogP contribution in [0, 0.1) is 0 Å². The van der Waals surface area contributed by atoms with Crippen LogP contribution in [0.3, 0.4) is 0 Å². The molecule has 0 amide bonds. The number of carbonyl (C=O) groups excluding carboxylic acids is 1. The topological polar surface area (TPSA) is 102 Å². The second-order valence-corrected chi connectivity index (χ2v) is 9.91. The molecule has 1 unspecified atom stereocenters. The van der Waals surface area contributed by atoms with Crippen LogP contribution in [0.2, 0.25) is 0 Å². The maximum absolute atomic E-state index is 13.9. The minimum Gasteiger partial charge on any atom is -0.478 e. The Kier molecular flexibility index (Phi) is 8.26. The van der Waals surface area contributed by atoms with E-state index in [2.05, 4.69) is 5.09 Å². The molecule has 0 aliphatic carbocycles. The summed E-state index contributed by atoms with van der Waals surface area (Å²) in [5.41, 5.74) is 0.855. The van der Waals surface area contributed by atoms with Gasteiger partial charge in [-0.05, 0) is 53.9 Å². The summed E-state index contributed by atoms with van der Waals surface area (Å²) in [5.74, 6) is -1.10. The molecule has 0 aliphatic rings. The molecular formula is C25H28NO6P. The number of carbonyl (C=O) groups is 2. The summed E-state index contributed by atoms with van der Waals surface area (Å²) in [5, 5.41) is 13.7. The Labute approximate surface area is 193 Å². The van der Waals surface area contributed by atoms with Gasteiger partial charge in [0.15, 0.2) is 0 Å². The first-order valence-electron chi connectivity index (χ1n) is 10.8. The molecule has 174 valence electrons. The van der Waals surface area contributed by atoms with E-state index in [-0.39, 0.29) is 11.7 Å². The maximum atomic E-state index is 13.9. The number of rotatable bonds is 11. The molecule has 33 heavy (non-hydrogen) atoms. The van der Waals surface area contributed by atoms with Crippen molar-refractivity contribution in [3.63, 3.8) is 0 Å². The molecule has 0 radical (unpaired) electrons. The van der Waals surface area contributed by atoms with Crippen LogP contribution >= 0.6 is 7.52 Å². The lowest BCUT2D eigenvalue weighted by Crippen LogP contribution is -2.35. The van der Waals surface area contributed by atoms with Gasteiger partial charge in [0.1, 0.15) is 11.8 Å². The molecule has 0 saturated heterocycles. The molecule has 7 nitrogen and oxygen atoms in total. The van der Waals surface area contributed by atoms with Crippen LogP contribution in [0.15, 0.2) is 66.7 Å². The Balaban J connectivity index is 1.86. The largest absolute Gasteiger partial charge is 0.478 e. The van der Waals surface area contributed by atoms with Gasteiger partial charge in [-0.3, -0.25) is 9.36 Å². The predicted octanol–water partition coefficient (Wildman–Crippen LogP) is 5.63. The van der Waals surface area contributed by atoms with Crippen LogP contribution < -0.4 is 9.61 Å². The van der Waals surface area contributed by atoms with Gasteiger partial charge >= 0.3 is 19.5 Å². The minimum absolute atomic E-state index is 0.00170. The molecule has 0 fully saturated rings. The predicted molar refractivity (Wildman–Crippen MR) is 128 cm³/mol. The number of unbranched alkanes of at least 4 members (excludes halogenated alkanes) is 1. The summed E-state index contributed by atoms with van der Waals surface area (Å²) in [4.78, 5) is 23.7. The number of carboxylic acids is 1. The van der Waals surface area contributed by atoms with Crippen molar-refractivity contribution in [2.24, 2.45) is 0 Å². The van der Waals surface area contributed by atoms with Gasteiger partial charge in [0.05, 0.1) is 18.3 Å². The highest BCUT2D eigenvalue weighted by Crippen LogP contribution is 2.47. The maximum Gasteiger partial charge on any atom is 0.335 e. The molecule has 2 N–H and O–H groups in total. The van der Waals surface area contributed by atoms with Crippen molar-refractivity contribution >= 4 is 30.2 Å². The molecule has 8 heteroatoms. The van der Waals surface area contributed by atoms with Crippen LogP contribution in [0.1, 0.15) is 42.6 Å². The first-order valence-corrected chi connectivity index (χ1v) is 12.6.